The predicted molar refractivity (Wildman–Crippen MR) is 98.9 cm³/mol. The van der Waals surface area contributed by atoms with E-state index in [1.54, 1.807) is 0 Å². The highest BCUT2D eigenvalue weighted by Gasteiger charge is 2.42. The van der Waals surface area contributed by atoms with Gasteiger partial charge in [-0.15, -0.1) is 0 Å². The number of unbranched alkanes of at least 4 members (excludes halogenated alkanes) is 2. The second-order valence-electron chi connectivity index (χ2n) is 6.52. The van der Waals surface area contributed by atoms with Crippen LogP contribution in [0.15, 0.2) is 0 Å². The van der Waals surface area contributed by atoms with Gasteiger partial charge in [-0.3, -0.25) is 4.79 Å². The smallest absolute Gasteiger partial charge is 0.475 e. The summed E-state index contributed by atoms with van der Waals surface area (Å²) in [5.74, 6) is -1.62. The maximum Gasteiger partial charge on any atom is 0.490 e. The SMILES string of the molecule is NCCCCNC(=O)CCCC[C@@H]1SC[C@@H]2NC(=O)N[C@@H]21.O=C(O)C(F)(F)F. The van der Waals surface area contributed by atoms with E-state index in [4.69, 9.17) is 15.6 Å². The van der Waals surface area contributed by atoms with Gasteiger partial charge in [-0.25, -0.2) is 9.59 Å². The monoisotopic (exact) mass is 428 g/mol. The Morgan fingerprint density at radius 1 is 1.21 bits per heavy atom. The van der Waals surface area contributed by atoms with Crippen LogP contribution in [-0.4, -0.2) is 65.4 Å². The van der Waals surface area contributed by atoms with Crippen molar-refractivity contribution < 1.29 is 32.7 Å². The maximum atomic E-state index is 11.6. The third-order valence-electron chi connectivity index (χ3n) is 4.28. The molecule has 6 N–H and O–H groups in total. The zero-order valence-electron chi connectivity index (χ0n) is 15.4. The van der Waals surface area contributed by atoms with Gasteiger partial charge in [0.1, 0.15) is 0 Å². The fourth-order valence-corrected chi connectivity index (χ4v) is 4.40. The minimum absolute atomic E-state index is 0.0350. The Balaban J connectivity index is 0.000000480. The number of alkyl halides is 3. The standard InChI is InChI=1S/C14H26N4O2S.C2HF3O2/c15-7-3-4-8-16-12(19)6-2-1-5-11-13-10(9-21-11)17-14(20)18-13;3-2(4,5)1(6)7/h10-11,13H,1-9,15H2,(H,16,19)(H2,17,18,20);(H,6,7)/t10-,11-,13-;/m0./s1. The summed E-state index contributed by atoms with van der Waals surface area (Å²) in [5.41, 5.74) is 5.40. The molecule has 0 saturated carbocycles. The highest BCUT2D eigenvalue weighted by molar-refractivity contribution is 8.00. The van der Waals surface area contributed by atoms with Gasteiger partial charge in [-0.2, -0.15) is 24.9 Å². The summed E-state index contributed by atoms with van der Waals surface area (Å²) in [6.07, 6.45) is 0.441. The van der Waals surface area contributed by atoms with Crippen molar-refractivity contribution >= 4 is 29.7 Å². The van der Waals surface area contributed by atoms with Crippen LogP contribution in [0.5, 0.6) is 0 Å². The second-order valence-corrected chi connectivity index (χ2v) is 7.79. The van der Waals surface area contributed by atoms with E-state index in [1.165, 1.54) is 0 Å². The van der Waals surface area contributed by atoms with Crippen LogP contribution in [0.1, 0.15) is 38.5 Å². The number of carboxylic acid groups (broad SMARTS) is 1. The predicted octanol–water partition coefficient (Wildman–Crippen LogP) is 1.20. The molecule has 3 amide bonds. The Hall–Kier alpha value is -1.69. The van der Waals surface area contributed by atoms with Gasteiger partial charge >= 0.3 is 18.2 Å². The lowest BCUT2D eigenvalue weighted by Crippen LogP contribution is -2.36. The molecule has 0 bridgehead atoms. The number of amides is 3. The summed E-state index contributed by atoms with van der Waals surface area (Å²) < 4.78 is 31.7. The maximum absolute atomic E-state index is 11.6. The lowest BCUT2D eigenvalue weighted by molar-refractivity contribution is -0.192. The lowest BCUT2D eigenvalue weighted by Gasteiger charge is -2.16. The van der Waals surface area contributed by atoms with Gasteiger partial charge in [-0.05, 0) is 32.2 Å². The molecule has 2 rings (SSSR count). The van der Waals surface area contributed by atoms with E-state index in [1.807, 2.05) is 11.8 Å². The first-order chi connectivity index (χ1) is 13.1. The molecular weight excluding hydrogens is 401 g/mol. The summed E-state index contributed by atoms with van der Waals surface area (Å²) >= 11 is 1.93. The minimum Gasteiger partial charge on any atom is -0.475 e. The molecule has 2 aliphatic rings. The van der Waals surface area contributed by atoms with E-state index in [0.29, 0.717) is 24.3 Å². The van der Waals surface area contributed by atoms with Gasteiger partial charge < -0.3 is 26.8 Å². The molecular formula is C16H27F3N4O4S. The summed E-state index contributed by atoms with van der Waals surface area (Å²) in [6.45, 7) is 1.42. The van der Waals surface area contributed by atoms with Gasteiger partial charge in [0, 0.05) is 24.0 Å². The number of urea groups is 1. The van der Waals surface area contributed by atoms with E-state index in [0.717, 1.165) is 44.4 Å². The molecule has 162 valence electrons. The van der Waals surface area contributed by atoms with E-state index < -0.39 is 12.1 Å². The molecule has 0 aromatic heterocycles. The second kappa shape index (κ2) is 12.0. The number of fused-ring (bicyclic) bond motifs is 1. The van der Waals surface area contributed by atoms with Crippen molar-refractivity contribution in [2.45, 2.75) is 62.0 Å². The number of hydrogen-bond acceptors (Lipinski definition) is 5. The number of carboxylic acids is 1. The number of thioether (sulfide) groups is 1. The van der Waals surface area contributed by atoms with Crippen molar-refractivity contribution in [2.75, 3.05) is 18.8 Å². The van der Waals surface area contributed by atoms with Crippen molar-refractivity contribution in [3.8, 4) is 0 Å². The van der Waals surface area contributed by atoms with Crippen LogP contribution < -0.4 is 21.7 Å². The Bertz CT molecular complexity index is 537. The molecule has 0 aromatic rings. The molecule has 2 fully saturated rings. The average Bonchev–Trinajstić information content (AvgIpc) is 3.15. The van der Waals surface area contributed by atoms with Gasteiger partial charge in [0.05, 0.1) is 12.1 Å². The molecule has 28 heavy (non-hydrogen) atoms. The van der Waals surface area contributed by atoms with Crippen LogP contribution in [0.4, 0.5) is 18.0 Å². The topological polar surface area (TPSA) is 134 Å². The quantitative estimate of drug-likeness (QED) is 0.277. The van der Waals surface area contributed by atoms with Crippen LogP contribution in [0.2, 0.25) is 0 Å². The van der Waals surface area contributed by atoms with E-state index >= 15 is 0 Å². The van der Waals surface area contributed by atoms with Crippen molar-refractivity contribution in [1.29, 1.82) is 0 Å². The van der Waals surface area contributed by atoms with Crippen molar-refractivity contribution in [3.05, 3.63) is 0 Å². The molecule has 0 aliphatic carbocycles. The van der Waals surface area contributed by atoms with Crippen LogP contribution in [-0.2, 0) is 9.59 Å². The fourth-order valence-electron chi connectivity index (χ4n) is 2.86. The zero-order chi connectivity index (χ0) is 21.2. The number of carbonyl (C=O) groups excluding carboxylic acids is 2. The van der Waals surface area contributed by atoms with E-state index in [2.05, 4.69) is 16.0 Å². The van der Waals surface area contributed by atoms with Crippen LogP contribution in [0.3, 0.4) is 0 Å². The van der Waals surface area contributed by atoms with Crippen LogP contribution in [0.25, 0.3) is 0 Å². The number of halogens is 3. The highest BCUT2D eigenvalue weighted by Crippen LogP contribution is 2.33. The minimum atomic E-state index is -5.08. The first-order valence-corrected chi connectivity index (χ1v) is 10.2. The van der Waals surface area contributed by atoms with Crippen molar-refractivity contribution in [1.82, 2.24) is 16.0 Å². The molecule has 2 heterocycles. The number of rotatable bonds is 9. The van der Waals surface area contributed by atoms with Gasteiger partial charge in [0.2, 0.25) is 5.91 Å². The highest BCUT2D eigenvalue weighted by atomic mass is 32.2. The number of nitrogens with two attached hydrogens (primary N) is 1. The van der Waals surface area contributed by atoms with Crippen LogP contribution >= 0.6 is 11.8 Å². The molecule has 0 unspecified atom stereocenters. The molecule has 2 aliphatic heterocycles. The Morgan fingerprint density at radius 2 is 1.89 bits per heavy atom. The molecule has 0 spiro atoms. The molecule has 2 saturated heterocycles. The molecule has 0 radical (unpaired) electrons. The first kappa shape index (κ1) is 24.3. The van der Waals surface area contributed by atoms with E-state index in [9.17, 15) is 22.8 Å². The lowest BCUT2D eigenvalue weighted by atomic mass is 10.0. The van der Waals surface area contributed by atoms with Crippen molar-refractivity contribution in [2.24, 2.45) is 5.73 Å². The summed E-state index contributed by atoms with van der Waals surface area (Å²) in [5, 5.41) is 16.5. The zero-order valence-corrected chi connectivity index (χ0v) is 16.2. The summed E-state index contributed by atoms with van der Waals surface area (Å²) in [7, 11) is 0. The molecule has 0 aromatic carbocycles. The largest absolute Gasteiger partial charge is 0.490 e. The van der Waals surface area contributed by atoms with Crippen molar-refractivity contribution in [3.63, 3.8) is 0 Å². The Labute approximate surface area is 165 Å². The van der Waals surface area contributed by atoms with Gasteiger partial charge in [0.25, 0.3) is 0 Å². The van der Waals surface area contributed by atoms with E-state index in [-0.39, 0.29) is 18.0 Å². The first-order valence-electron chi connectivity index (χ1n) is 9.10. The van der Waals surface area contributed by atoms with Crippen LogP contribution in [0, 0.1) is 0 Å². The number of nitrogens with one attached hydrogen (secondary N) is 3. The third-order valence-corrected chi connectivity index (χ3v) is 5.78. The molecule has 3 atom stereocenters. The number of hydrogen-bond donors (Lipinski definition) is 5. The van der Waals surface area contributed by atoms with Gasteiger partial charge in [0.15, 0.2) is 0 Å². The Kier molecular flexibility index (Phi) is 10.4. The Morgan fingerprint density at radius 3 is 2.50 bits per heavy atom. The fraction of sp³-hybridized carbons (Fsp3) is 0.812. The van der Waals surface area contributed by atoms with Gasteiger partial charge in [-0.1, -0.05) is 6.42 Å². The summed E-state index contributed by atoms with van der Waals surface area (Å²) in [4.78, 5) is 31.8. The molecule has 12 heteroatoms. The number of aliphatic carboxylic acids is 1. The molecule has 8 nitrogen and oxygen atoms in total. The average molecular weight is 428 g/mol. The number of carbonyl (C=O) groups is 3. The third kappa shape index (κ3) is 9.00. The normalized spacial score (nSPS) is 23.1. The summed E-state index contributed by atoms with van der Waals surface area (Å²) in [6, 6.07) is 0.526.